The number of nitrogens with one attached hydrogen (secondary N) is 2. The summed E-state index contributed by atoms with van der Waals surface area (Å²) in [4.78, 5) is 7.24. The summed E-state index contributed by atoms with van der Waals surface area (Å²) >= 11 is 0. The van der Waals surface area contributed by atoms with Crippen molar-refractivity contribution in [3.8, 4) is 0 Å². The first-order chi connectivity index (χ1) is 15.2. The maximum Gasteiger partial charge on any atom is 0.191 e. The van der Waals surface area contributed by atoms with Gasteiger partial charge in [-0.15, -0.1) is 24.0 Å². The van der Waals surface area contributed by atoms with Crippen LogP contribution in [0.15, 0.2) is 70.5 Å². The highest BCUT2D eigenvalue weighted by Crippen LogP contribution is 2.20. The normalized spacial score (nSPS) is 12.4. The maximum absolute atomic E-state index is 5.72. The van der Waals surface area contributed by atoms with Crippen LogP contribution in [-0.2, 0) is 13.1 Å². The summed E-state index contributed by atoms with van der Waals surface area (Å²) in [5, 5.41) is 11.2. The molecule has 7 nitrogen and oxygen atoms in total. The number of aromatic nitrogens is 2. The van der Waals surface area contributed by atoms with Crippen LogP contribution >= 0.6 is 24.0 Å². The van der Waals surface area contributed by atoms with Gasteiger partial charge in [0.15, 0.2) is 5.96 Å². The Bertz CT molecular complexity index is 906. The number of hydrogen-bond donors (Lipinski definition) is 2. The molecule has 0 aliphatic carbocycles. The third kappa shape index (κ3) is 7.37. The molecule has 3 rings (SSSR count). The van der Waals surface area contributed by atoms with Crippen LogP contribution in [0, 0.1) is 0 Å². The molecule has 0 radical (unpaired) electrons. The van der Waals surface area contributed by atoms with Gasteiger partial charge in [-0.2, -0.15) is 5.10 Å². The highest BCUT2D eigenvalue weighted by molar-refractivity contribution is 14.0. The molecule has 2 N–H and O–H groups in total. The predicted octanol–water partition coefficient (Wildman–Crippen LogP) is 4.28. The zero-order valence-electron chi connectivity index (χ0n) is 19.2. The average Bonchev–Trinajstić information content (AvgIpc) is 3.50. The molecule has 3 aromatic rings. The summed E-state index contributed by atoms with van der Waals surface area (Å²) in [6.45, 7) is 11.2. The van der Waals surface area contributed by atoms with Gasteiger partial charge >= 0.3 is 0 Å². The van der Waals surface area contributed by atoms with Gasteiger partial charge in [-0.05, 0) is 49.3 Å². The zero-order chi connectivity index (χ0) is 21.9. The Hall–Kier alpha value is -2.33. The van der Waals surface area contributed by atoms with Crippen molar-refractivity contribution in [2.45, 2.75) is 39.9 Å². The van der Waals surface area contributed by atoms with Crippen molar-refractivity contribution in [2.24, 2.45) is 4.99 Å². The second-order valence-electron chi connectivity index (χ2n) is 7.30. The maximum atomic E-state index is 5.72. The number of likely N-dealkylation sites (N-methyl/N-ethyl adjacent to an activating group) is 1. The molecule has 8 heteroatoms. The van der Waals surface area contributed by atoms with Gasteiger partial charge in [0.2, 0.25) is 0 Å². The van der Waals surface area contributed by atoms with Crippen LogP contribution in [0.3, 0.4) is 0 Å². The molecule has 0 aliphatic rings. The molecule has 2 aromatic heterocycles. The molecule has 1 atom stereocenters. The van der Waals surface area contributed by atoms with E-state index in [1.165, 1.54) is 11.1 Å². The van der Waals surface area contributed by atoms with Crippen molar-refractivity contribution in [1.29, 1.82) is 0 Å². The molecular formula is C24H35IN6O. The summed E-state index contributed by atoms with van der Waals surface area (Å²) in [6, 6.07) is 14.5. The van der Waals surface area contributed by atoms with Crippen molar-refractivity contribution in [2.75, 3.05) is 26.2 Å². The number of rotatable bonds is 11. The number of furan rings is 1. The molecule has 32 heavy (non-hydrogen) atoms. The van der Waals surface area contributed by atoms with Gasteiger partial charge in [0.05, 0.1) is 25.4 Å². The fourth-order valence-electron chi connectivity index (χ4n) is 3.69. The van der Waals surface area contributed by atoms with Gasteiger partial charge < -0.3 is 15.1 Å². The van der Waals surface area contributed by atoms with E-state index in [1.807, 2.05) is 29.1 Å². The first-order valence-electron chi connectivity index (χ1n) is 11.1. The summed E-state index contributed by atoms with van der Waals surface area (Å²) in [6.07, 6.45) is 5.52. The van der Waals surface area contributed by atoms with E-state index in [1.54, 1.807) is 12.5 Å². The fourth-order valence-corrected chi connectivity index (χ4v) is 3.69. The molecule has 0 saturated carbocycles. The summed E-state index contributed by atoms with van der Waals surface area (Å²) in [7, 11) is 0. The number of benzene rings is 1. The van der Waals surface area contributed by atoms with Crippen LogP contribution in [0.5, 0.6) is 0 Å². The predicted molar refractivity (Wildman–Crippen MR) is 140 cm³/mol. The Morgan fingerprint density at radius 3 is 2.47 bits per heavy atom. The molecule has 0 saturated heterocycles. The quantitative estimate of drug-likeness (QED) is 0.212. The Labute approximate surface area is 208 Å². The Balaban J connectivity index is 0.00000363. The van der Waals surface area contributed by atoms with Gasteiger partial charge in [0.1, 0.15) is 5.76 Å². The van der Waals surface area contributed by atoms with E-state index in [0.29, 0.717) is 6.54 Å². The second kappa shape index (κ2) is 13.9. The monoisotopic (exact) mass is 550 g/mol. The molecule has 0 amide bonds. The number of guanidine groups is 1. The lowest BCUT2D eigenvalue weighted by molar-refractivity contribution is 0.193. The van der Waals surface area contributed by atoms with E-state index in [4.69, 9.17) is 9.41 Å². The molecular weight excluding hydrogens is 515 g/mol. The largest absolute Gasteiger partial charge is 0.468 e. The van der Waals surface area contributed by atoms with E-state index in [-0.39, 0.29) is 30.0 Å². The molecule has 0 fully saturated rings. The lowest BCUT2D eigenvalue weighted by Crippen LogP contribution is -2.43. The van der Waals surface area contributed by atoms with Crippen molar-refractivity contribution in [3.05, 3.63) is 78.0 Å². The van der Waals surface area contributed by atoms with Crippen molar-refractivity contribution in [1.82, 2.24) is 25.3 Å². The second-order valence-corrected chi connectivity index (χ2v) is 7.30. The lowest BCUT2D eigenvalue weighted by Gasteiger charge is -2.28. The lowest BCUT2D eigenvalue weighted by atomic mass is 10.1. The van der Waals surface area contributed by atoms with E-state index in [9.17, 15) is 0 Å². The molecule has 2 heterocycles. The fraction of sp³-hybridized carbons (Fsp3) is 0.417. The van der Waals surface area contributed by atoms with Crippen molar-refractivity contribution in [3.63, 3.8) is 0 Å². The summed E-state index contributed by atoms with van der Waals surface area (Å²) < 4.78 is 7.65. The smallest absolute Gasteiger partial charge is 0.191 e. The number of nitrogens with zero attached hydrogens (tertiary/aromatic N) is 4. The van der Waals surface area contributed by atoms with Gasteiger partial charge in [0, 0.05) is 25.5 Å². The number of aliphatic imine (C=N–C) groups is 1. The van der Waals surface area contributed by atoms with Gasteiger partial charge in [0.25, 0.3) is 0 Å². The SMILES string of the molecule is CCNC(=NCc1ccccc1Cn1cccn1)NCC(c1ccco1)N(CC)CC.I. The van der Waals surface area contributed by atoms with E-state index in [2.05, 4.69) is 65.7 Å². The Morgan fingerprint density at radius 1 is 1.06 bits per heavy atom. The van der Waals surface area contributed by atoms with E-state index >= 15 is 0 Å². The van der Waals surface area contributed by atoms with Gasteiger partial charge in [-0.25, -0.2) is 4.99 Å². The molecule has 0 aliphatic heterocycles. The zero-order valence-corrected chi connectivity index (χ0v) is 21.5. The van der Waals surface area contributed by atoms with Crippen molar-refractivity contribution < 1.29 is 4.42 Å². The Morgan fingerprint density at radius 2 is 1.84 bits per heavy atom. The average molecular weight is 550 g/mol. The third-order valence-electron chi connectivity index (χ3n) is 5.35. The van der Waals surface area contributed by atoms with Crippen LogP contribution < -0.4 is 10.6 Å². The minimum absolute atomic E-state index is 0. The standard InChI is InChI=1S/C24H34N6O.HI/c1-4-25-24(27-18-22(29(5-2)6-3)23-13-9-16-31-23)26-17-20-11-7-8-12-21(20)19-30-15-10-14-28-30;/h7-16,22H,4-6,17-19H2,1-3H3,(H2,25,26,27);1H. The topological polar surface area (TPSA) is 70.6 Å². The van der Waals surface area contributed by atoms with Crippen molar-refractivity contribution >= 4 is 29.9 Å². The minimum Gasteiger partial charge on any atom is -0.468 e. The molecule has 0 bridgehead atoms. The molecule has 1 aromatic carbocycles. The minimum atomic E-state index is 0. The molecule has 1 unspecified atom stereocenters. The number of hydrogen-bond acceptors (Lipinski definition) is 4. The highest BCUT2D eigenvalue weighted by Gasteiger charge is 2.20. The van der Waals surface area contributed by atoms with Gasteiger partial charge in [-0.1, -0.05) is 38.1 Å². The van der Waals surface area contributed by atoms with Gasteiger partial charge in [-0.3, -0.25) is 9.58 Å². The first kappa shape index (κ1) is 25.9. The van der Waals surface area contributed by atoms with E-state index < -0.39 is 0 Å². The molecule has 174 valence electrons. The first-order valence-corrected chi connectivity index (χ1v) is 11.1. The summed E-state index contributed by atoms with van der Waals surface area (Å²) in [5.74, 6) is 1.77. The van der Waals surface area contributed by atoms with Crippen LogP contribution in [0.2, 0.25) is 0 Å². The molecule has 0 spiro atoms. The van der Waals surface area contributed by atoms with Crippen LogP contribution in [0.25, 0.3) is 0 Å². The van der Waals surface area contributed by atoms with Crippen LogP contribution in [0.4, 0.5) is 0 Å². The van der Waals surface area contributed by atoms with Crippen LogP contribution in [0.1, 0.15) is 43.7 Å². The van der Waals surface area contributed by atoms with E-state index in [0.717, 1.165) is 44.4 Å². The number of halogens is 1. The third-order valence-corrected chi connectivity index (χ3v) is 5.35. The summed E-state index contributed by atoms with van der Waals surface area (Å²) in [5.41, 5.74) is 2.42. The highest BCUT2D eigenvalue weighted by atomic mass is 127. The Kier molecular flexibility index (Phi) is 11.3. The van der Waals surface area contributed by atoms with Crippen LogP contribution in [-0.4, -0.2) is 46.8 Å².